The summed E-state index contributed by atoms with van der Waals surface area (Å²) in [5.41, 5.74) is 0.930. The SMILES string of the molecule is OC[C@]1(Cc2ccccc2F)CN(Cc2cccnc2)CCO1. The highest BCUT2D eigenvalue weighted by molar-refractivity contribution is 5.20. The fourth-order valence-electron chi connectivity index (χ4n) is 3.06. The fraction of sp³-hybridized carbons (Fsp3) is 0.389. The van der Waals surface area contributed by atoms with Crippen molar-refractivity contribution in [2.24, 2.45) is 0 Å². The van der Waals surface area contributed by atoms with Crippen LogP contribution < -0.4 is 0 Å². The average Bonchev–Trinajstić information content (AvgIpc) is 2.58. The van der Waals surface area contributed by atoms with Crippen LogP contribution in [0.2, 0.25) is 0 Å². The number of aromatic nitrogens is 1. The van der Waals surface area contributed by atoms with Gasteiger partial charge in [0.1, 0.15) is 11.4 Å². The molecule has 0 saturated carbocycles. The van der Waals surface area contributed by atoms with Crippen LogP contribution in [0.5, 0.6) is 0 Å². The Morgan fingerprint density at radius 3 is 2.87 bits per heavy atom. The number of hydrogen-bond donors (Lipinski definition) is 1. The van der Waals surface area contributed by atoms with Crippen LogP contribution >= 0.6 is 0 Å². The number of aliphatic hydroxyl groups is 1. The van der Waals surface area contributed by atoms with E-state index in [-0.39, 0.29) is 12.4 Å². The first-order valence-corrected chi connectivity index (χ1v) is 7.80. The molecule has 1 atom stereocenters. The minimum absolute atomic E-state index is 0.134. The van der Waals surface area contributed by atoms with Crippen molar-refractivity contribution in [3.8, 4) is 0 Å². The summed E-state index contributed by atoms with van der Waals surface area (Å²) < 4.78 is 19.8. The molecule has 1 saturated heterocycles. The Kier molecular flexibility index (Phi) is 5.00. The molecule has 0 unspecified atom stereocenters. The van der Waals surface area contributed by atoms with Crippen LogP contribution in [0.15, 0.2) is 48.8 Å². The molecule has 1 fully saturated rings. The lowest BCUT2D eigenvalue weighted by Crippen LogP contribution is -2.55. The molecule has 4 nitrogen and oxygen atoms in total. The van der Waals surface area contributed by atoms with Gasteiger partial charge in [0, 0.05) is 38.4 Å². The summed E-state index contributed by atoms with van der Waals surface area (Å²) in [5, 5.41) is 9.89. The van der Waals surface area contributed by atoms with E-state index in [0.29, 0.717) is 25.1 Å². The van der Waals surface area contributed by atoms with Gasteiger partial charge in [-0.1, -0.05) is 24.3 Å². The minimum atomic E-state index is -0.761. The van der Waals surface area contributed by atoms with Crippen LogP contribution in [-0.2, 0) is 17.7 Å². The molecule has 0 aliphatic carbocycles. The summed E-state index contributed by atoms with van der Waals surface area (Å²) in [6, 6.07) is 10.6. The molecule has 3 rings (SSSR count). The van der Waals surface area contributed by atoms with Gasteiger partial charge in [-0.15, -0.1) is 0 Å². The van der Waals surface area contributed by atoms with Crippen molar-refractivity contribution in [2.75, 3.05) is 26.3 Å². The fourth-order valence-corrected chi connectivity index (χ4v) is 3.06. The summed E-state index contributed by atoms with van der Waals surface area (Å²) in [7, 11) is 0. The van der Waals surface area contributed by atoms with Crippen LogP contribution in [0.25, 0.3) is 0 Å². The normalized spacial score (nSPS) is 22.2. The highest BCUT2D eigenvalue weighted by Gasteiger charge is 2.37. The number of pyridine rings is 1. The van der Waals surface area contributed by atoms with Crippen molar-refractivity contribution in [3.05, 3.63) is 65.7 Å². The van der Waals surface area contributed by atoms with Crippen molar-refractivity contribution in [1.82, 2.24) is 9.88 Å². The number of ether oxygens (including phenoxy) is 1. The van der Waals surface area contributed by atoms with E-state index >= 15 is 0 Å². The van der Waals surface area contributed by atoms with E-state index < -0.39 is 5.60 Å². The lowest BCUT2D eigenvalue weighted by atomic mass is 9.92. The van der Waals surface area contributed by atoms with Gasteiger partial charge in [-0.05, 0) is 23.3 Å². The third kappa shape index (κ3) is 3.93. The molecule has 1 aromatic heterocycles. The maximum atomic E-state index is 13.9. The quantitative estimate of drug-likeness (QED) is 0.917. The first-order valence-electron chi connectivity index (χ1n) is 7.80. The van der Waals surface area contributed by atoms with Crippen LogP contribution in [-0.4, -0.2) is 46.9 Å². The molecule has 1 N–H and O–H groups in total. The number of halogens is 1. The molecule has 2 heterocycles. The van der Waals surface area contributed by atoms with Gasteiger partial charge in [-0.2, -0.15) is 0 Å². The third-order valence-corrected chi connectivity index (χ3v) is 4.22. The molecule has 1 aliphatic heterocycles. The van der Waals surface area contributed by atoms with Gasteiger partial charge < -0.3 is 9.84 Å². The van der Waals surface area contributed by atoms with Crippen LogP contribution in [0.3, 0.4) is 0 Å². The van der Waals surface area contributed by atoms with Crippen molar-refractivity contribution in [1.29, 1.82) is 0 Å². The number of hydrogen-bond acceptors (Lipinski definition) is 4. The number of rotatable bonds is 5. The summed E-state index contributed by atoms with van der Waals surface area (Å²) in [6.07, 6.45) is 3.95. The highest BCUT2D eigenvalue weighted by atomic mass is 19.1. The van der Waals surface area contributed by atoms with Gasteiger partial charge in [-0.25, -0.2) is 4.39 Å². The van der Waals surface area contributed by atoms with Gasteiger partial charge in [-0.3, -0.25) is 9.88 Å². The zero-order chi connectivity index (χ0) is 16.1. The van der Waals surface area contributed by atoms with Crippen molar-refractivity contribution >= 4 is 0 Å². The standard InChI is InChI=1S/C18H21FN2O2/c19-17-6-2-1-5-16(17)10-18(14-22)13-21(8-9-23-18)12-15-4-3-7-20-11-15/h1-7,11,22H,8-10,12-14H2/t18-/m0/s1. The maximum Gasteiger partial charge on any atom is 0.126 e. The largest absolute Gasteiger partial charge is 0.393 e. The molecular formula is C18H21FN2O2. The smallest absolute Gasteiger partial charge is 0.126 e. The predicted molar refractivity (Wildman–Crippen MR) is 85.4 cm³/mol. The Balaban J connectivity index is 1.72. The second-order valence-corrected chi connectivity index (χ2v) is 6.03. The lowest BCUT2D eigenvalue weighted by Gasteiger charge is -2.42. The van der Waals surface area contributed by atoms with Gasteiger partial charge in [0.25, 0.3) is 0 Å². The van der Waals surface area contributed by atoms with Crippen molar-refractivity contribution < 1.29 is 14.2 Å². The van der Waals surface area contributed by atoms with E-state index in [9.17, 15) is 9.50 Å². The predicted octanol–water partition coefficient (Wildman–Crippen LogP) is 2.03. The van der Waals surface area contributed by atoms with Gasteiger partial charge in [0.05, 0.1) is 13.2 Å². The number of benzene rings is 1. The first-order chi connectivity index (χ1) is 11.2. The van der Waals surface area contributed by atoms with Gasteiger partial charge >= 0.3 is 0 Å². The van der Waals surface area contributed by atoms with E-state index in [2.05, 4.69) is 9.88 Å². The van der Waals surface area contributed by atoms with E-state index in [4.69, 9.17) is 4.74 Å². The van der Waals surface area contributed by atoms with E-state index in [1.165, 1.54) is 6.07 Å². The molecule has 1 aliphatic rings. The molecule has 122 valence electrons. The van der Waals surface area contributed by atoms with Crippen molar-refractivity contribution in [3.63, 3.8) is 0 Å². The number of morpholine rings is 1. The molecule has 0 spiro atoms. The topological polar surface area (TPSA) is 45.6 Å². The maximum absolute atomic E-state index is 13.9. The second-order valence-electron chi connectivity index (χ2n) is 6.03. The summed E-state index contributed by atoms with van der Waals surface area (Å²) >= 11 is 0. The summed E-state index contributed by atoms with van der Waals surface area (Å²) in [6.45, 7) is 2.48. The number of nitrogens with zero attached hydrogens (tertiary/aromatic N) is 2. The molecule has 5 heteroatoms. The van der Waals surface area contributed by atoms with E-state index in [0.717, 1.165) is 18.7 Å². The van der Waals surface area contributed by atoms with Crippen LogP contribution in [0.1, 0.15) is 11.1 Å². The molecule has 1 aromatic carbocycles. The summed E-state index contributed by atoms with van der Waals surface area (Å²) in [4.78, 5) is 6.35. The Hall–Kier alpha value is -1.82. The van der Waals surface area contributed by atoms with Gasteiger partial charge in [0.2, 0.25) is 0 Å². The van der Waals surface area contributed by atoms with Crippen molar-refractivity contribution in [2.45, 2.75) is 18.6 Å². The molecule has 23 heavy (non-hydrogen) atoms. The zero-order valence-corrected chi connectivity index (χ0v) is 13.0. The lowest BCUT2D eigenvalue weighted by molar-refractivity contribution is -0.134. The summed E-state index contributed by atoms with van der Waals surface area (Å²) in [5.74, 6) is -0.256. The highest BCUT2D eigenvalue weighted by Crippen LogP contribution is 2.25. The second kappa shape index (κ2) is 7.17. The monoisotopic (exact) mass is 316 g/mol. The third-order valence-electron chi connectivity index (χ3n) is 4.22. The minimum Gasteiger partial charge on any atom is -0.393 e. The Morgan fingerprint density at radius 1 is 1.26 bits per heavy atom. The Morgan fingerprint density at radius 2 is 2.13 bits per heavy atom. The molecular weight excluding hydrogens is 295 g/mol. The Bertz CT molecular complexity index is 638. The molecule has 2 aromatic rings. The van der Waals surface area contributed by atoms with Gasteiger partial charge in [0.15, 0.2) is 0 Å². The molecule has 0 radical (unpaired) electrons. The van der Waals surface area contributed by atoms with Crippen LogP contribution in [0, 0.1) is 5.82 Å². The van der Waals surface area contributed by atoms with E-state index in [1.54, 1.807) is 24.4 Å². The first kappa shape index (κ1) is 16.1. The average molecular weight is 316 g/mol. The zero-order valence-electron chi connectivity index (χ0n) is 13.0. The van der Waals surface area contributed by atoms with E-state index in [1.807, 2.05) is 18.3 Å². The molecule has 0 bridgehead atoms. The van der Waals surface area contributed by atoms with Crippen LogP contribution in [0.4, 0.5) is 4.39 Å². The molecule has 0 amide bonds. The Labute approximate surface area is 135 Å². The number of aliphatic hydroxyl groups excluding tert-OH is 1.